The van der Waals surface area contributed by atoms with E-state index in [0.717, 1.165) is 38.6 Å². The highest BCUT2D eigenvalue weighted by atomic mass is 35.5. The molecule has 1 saturated carbocycles. The fourth-order valence-corrected chi connectivity index (χ4v) is 3.43. The van der Waals surface area contributed by atoms with Gasteiger partial charge in [-0.1, -0.05) is 25.4 Å². The predicted molar refractivity (Wildman–Crippen MR) is 105 cm³/mol. The number of methoxy groups -OCH3 is 1. The fraction of sp³-hybridized carbons (Fsp3) is 0.600. The van der Waals surface area contributed by atoms with Crippen molar-refractivity contribution >= 4 is 29.1 Å². The van der Waals surface area contributed by atoms with E-state index in [1.54, 1.807) is 25.3 Å². The lowest BCUT2D eigenvalue weighted by Gasteiger charge is -2.27. The Morgan fingerprint density at radius 2 is 1.77 bits per heavy atom. The van der Waals surface area contributed by atoms with Crippen LogP contribution < -0.4 is 15.4 Å². The number of hydrogen-bond donors (Lipinski definition) is 2. The highest BCUT2D eigenvalue weighted by molar-refractivity contribution is 6.31. The monoisotopic (exact) mass is 380 g/mol. The van der Waals surface area contributed by atoms with Gasteiger partial charge in [0.2, 0.25) is 11.8 Å². The highest BCUT2D eigenvalue weighted by Crippen LogP contribution is 2.32. The molecule has 144 valence electrons. The number of carbonyl (C=O) groups excluding carboxylic acids is 2. The summed E-state index contributed by atoms with van der Waals surface area (Å²) in [7, 11) is 1.56. The number of anilines is 1. The molecule has 0 atom stereocenters. The minimum Gasteiger partial charge on any atom is -0.495 e. The van der Waals surface area contributed by atoms with Crippen LogP contribution in [0.3, 0.4) is 0 Å². The summed E-state index contributed by atoms with van der Waals surface area (Å²) >= 11 is 6.01. The van der Waals surface area contributed by atoms with Crippen LogP contribution >= 0.6 is 11.6 Å². The maximum Gasteiger partial charge on any atom is 0.227 e. The molecule has 0 aromatic heterocycles. The summed E-state index contributed by atoms with van der Waals surface area (Å²) in [6, 6.07) is 5.14. The largest absolute Gasteiger partial charge is 0.495 e. The molecule has 1 aromatic carbocycles. The number of benzene rings is 1. The smallest absolute Gasteiger partial charge is 0.227 e. The van der Waals surface area contributed by atoms with Gasteiger partial charge in [0.1, 0.15) is 5.75 Å². The predicted octanol–water partition coefficient (Wildman–Crippen LogP) is 4.26. The molecule has 0 heterocycles. The lowest BCUT2D eigenvalue weighted by Crippen LogP contribution is -2.36. The first-order valence-electron chi connectivity index (χ1n) is 9.32. The maximum atomic E-state index is 12.6. The van der Waals surface area contributed by atoms with E-state index in [9.17, 15) is 9.59 Å². The number of hydrogen-bond acceptors (Lipinski definition) is 3. The molecular formula is C20H29ClN2O3. The third-order valence-electron chi connectivity index (χ3n) is 4.91. The Hall–Kier alpha value is -1.75. The van der Waals surface area contributed by atoms with E-state index in [0.29, 0.717) is 22.4 Å². The Morgan fingerprint density at radius 1 is 1.15 bits per heavy atom. The van der Waals surface area contributed by atoms with Gasteiger partial charge in [-0.2, -0.15) is 0 Å². The molecule has 0 spiro atoms. The van der Waals surface area contributed by atoms with E-state index in [2.05, 4.69) is 24.5 Å². The molecule has 2 N–H and O–H groups in total. The molecule has 1 aliphatic rings. The number of halogens is 1. The van der Waals surface area contributed by atoms with Crippen molar-refractivity contribution in [3.63, 3.8) is 0 Å². The summed E-state index contributed by atoms with van der Waals surface area (Å²) in [5.74, 6) is 1.19. The van der Waals surface area contributed by atoms with Gasteiger partial charge in [-0.3, -0.25) is 9.59 Å². The van der Waals surface area contributed by atoms with Crippen LogP contribution in [0.1, 0.15) is 46.0 Å². The number of nitrogens with one attached hydrogen (secondary N) is 2. The Kier molecular flexibility index (Phi) is 7.76. The minimum absolute atomic E-state index is 0.0203. The Balaban J connectivity index is 1.83. The molecule has 26 heavy (non-hydrogen) atoms. The maximum absolute atomic E-state index is 12.6. The zero-order chi connectivity index (χ0) is 19.1. The van der Waals surface area contributed by atoms with Crippen molar-refractivity contribution in [2.24, 2.45) is 17.8 Å². The third-order valence-corrected chi connectivity index (χ3v) is 5.14. The number of rotatable bonds is 7. The second-order valence-corrected chi connectivity index (χ2v) is 7.79. The quantitative estimate of drug-likeness (QED) is 0.742. The van der Waals surface area contributed by atoms with E-state index in [1.807, 2.05) is 0 Å². The molecule has 0 bridgehead atoms. The van der Waals surface area contributed by atoms with Crippen LogP contribution in [-0.4, -0.2) is 25.5 Å². The van der Waals surface area contributed by atoms with Crippen LogP contribution in [0.4, 0.5) is 5.69 Å². The zero-order valence-electron chi connectivity index (χ0n) is 15.8. The van der Waals surface area contributed by atoms with Crippen molar-refractivity contribution in [2.45, 2.75) is 46.0 Å². The van der Waals surface area contributed by atoms with Crippen molar-refractivity contribution in [2.75, 3.05) is 19.0 Å². The van der Waals surface area contributed by atoms with Gasteiger partial charge in [0.15, 0.2) is 0 Å². The van der Waals surface area contributed by atoms with Gasteiger partial charge < -0.3 is 15.4 Å². The standard InChI is InChI=1S/C20H29ClN2O3/c1-13(2)10-11-22-19(24)14-4-6-15(7-5-14)20(25)23-17-12-16(21)8-9-18(17)26-3/h8-9,12-15H,4-7,10-11H2,1-3H3,(H,22,24)(H,23,25). The van der Waals surface area contributed by atoms with Crippen LogP contribution in [-0.2, 0) is 9.59 Å². The first kappa shape index (κ1) is 20.6. The van der Waals surface area contributed by atoms with Crippen LogP contribution in [0.5, 0.6) is 5.75 Å². The lowest BCUT2D eigenvalue weighted by atomic mass is 9.81. The van der Waals surface area contributed by atoms with Crippen LogP contribution in [0.2, 0.25) is 5.02 Å². The van der Waals surface area contributed by atoms with E-state index in [4.69, 9.17) is 16.3 Å². The first-order chi connectivity index (χ1) is 12.4. The molecule has 2 amide bonds. The normalized spacial score (nSPS) is 19.9. The Bertz CT molecular complexity index is 625. The minimum atomic E-state index is -0.0848. The first-order valence-corrected chi connectivity index (χ1v) is 9.70. The summed E-state index contributed by atoms with van der Waals surface area (Å²) in [4.78, 5) is 24.8. The average Bonchev–Trinajstić information content (AvgIpc) is 2.61. The van der Waals surface area contributed by atoms with Gasteiger partial charge >= 0.3 is 0 Å². The molecule has 1 aliphatic carbocycles. The molecule has 0 radical (unpaired) electrons. The van der Waals surface area contributed by atoms with Crippen LogP contribution in [0.15, 0.2) is 18.2 Å². The molecule has 0 saturated heterocycles. The van der Waals surface area contributed by atoms with Gasteiger partial charge in [0.05, 0.1) is 12.8 Å². The SMILES string of the molecule is COc1ccc(Cl)cc1NC(=O)C1CCC(C(=O)NCCC(C)C)CC1. The van der Waals surface area contributed by atoms with Gasteiger partial charge in [0.25, 0.3) is 0 Å². The second kappa shape index (κ2) is 9.81. The van der Waals surface area contributed by atoms with Crippen molar-refractivity contribution in [1.82, 2.24) is 5.32 Å². The van der Waals surface area contributed by atoms with Gasteiger partial charge in [0, 0.05) is 23.4 Å². The summed E-state index contributed by atoms with van der Waals surface area (Å²) in [6.07, 6.45) is 3.93. The Labute approximate surface area is 160 Å². The Morgan fingerprint density at radius 3 is 2.35 bits per heavy atom. The summed E-state index contributed by atoms with van der Waals surface area (Å²) in [6.45, 7) is 5.02. The molecule has 2 rings (SSSR count). The van der Waals surface area contributed by atoms with Crippen molar-refractivity contribution in [3.05, 3.63) is 23.2 Å². The van der Waals surface area contributed by atoms with E-state index in [1.165, 1.54) is 0 Å². The fourth-order valence-electron chi connectivity index (χ4n) is 3.26. The van der Waals surface area contributed by atoms with Crippen molar-refractivity contribution < 1.29 is 14.3 Å². The molecular weight excluding hydrogens is 352 g/mol. The number of amides is 2. The molecule has 5 nitrogen and oxygen atoms in total. The number of carbonyl (C=O) groups is 2. The van der Waals surface area contributed by atoms with E-state index >= 15 is 0 Å². The summed E-state index contributed by atoms with van der Waals surface area (Å²) in [5, 5.41) is 6.48. The summed E-state index contributed by atoms with van der Waals surface area (Å²) in [5.41, 5.74) is 0.582. The van der Waals surface area contributed by atoms with E-state index in [-0.39, 0.29) is 23.7 Å². The van der Waals surface area contributed by atoms with Gasteiger partial charge in [-0.15, -0.1) is 0 Å². The molecule has 0 unspecified atom stereocenters. The van der Waals surface area contributed by atoms with E-state index < -0.39 is 0 Å². The molecule has 1 aromatic rings. The molecule has 6 heteroatoms. The van der Waals surface area contributed by atoms with Crippen molar-refractivity contribution in [1.29, 1.82) is 0 Å². The van der Waals surface area contributed by atoms with Gasteiger partial charge in [-0.05, 0) is 56.2 Å². The highest BCUT2D eigenvalue weighted by Gasteiger charge is 2.30. The van der Waals surface area contributed by atoms with Crippen molar-refractivity contribution in [3.8, 4) is 5.75 Å². The average molecular weight is 381 g/mol. The topological polar surface area (TPSA) is 67.4 Å². The molecule has 0 aliphatic heterocycles. The zero-order valence-corrected chi connectivity index (χ0v) is 16.6. The third kappa shape index (κ3) is 5.90. The summed E-state index contributed by atoms with van der Waals surface area (Å²) < 4.78 is 5.27. The molecule has 1 fully saturated rings. The lowest BCUT2D eigenvalue weighted by molar-refractivity contribution is -0.128. The number of ether oxygens (including phenoxy) is 1. The second-order valence-electron chi connectivity index (χ2n) is 7.36. The van der Waals surface area contributed by atoms with Crippen LogP contribution in [0, 0.1) is 17.8 Å². The van der Waals surface area contributed by atoms with Crippen LogP contribution in [0.25, 0.3) is 0 Å². The van der Waals surface area contributed by atoms with Gasteiger partial charge in [-0.25, -0.2) is 0 Å².